The van der Waals surface area contributed by atoms with Crippen LogP contribution in [-0.2, 0) is 15.5 Å². The predicted molar refractivity (Wildman–Crippen MR) is 57.2 cm³/mol. The van der Waals surface area contributed by atoms with Crippen LogP contribution in [0.25, 0.3) is 0 Å². The third-order valence-corrected chi connectivity index (χ3v) is 3.35. The third-order valence-electron chi connectivity index (χ3n) is 1.99. The van der Waals surface area contributed by atoms with E-state index >= 15 is 0 Å². The van der Waals surface area contributed by atoms with Crippen molar-refractivity contribution >= 4 is 10.8 Å². The summed E-state index contributed by atoms with van der Waals surface area (Å²) in [4.78, 5) is 0. The molecule has 0 saturated carbocycles. The lowest BCUT2D eigenvalue weighted by Crippen LogP contribution is -2.40. The monoisotopic (exact) mass is 207 g/mol. The van der Waals surface area contributed by atoms with E-state index in [1.807, 2.05) is 0 Å². The van der Waals surface area contributed by atoms with Crippen molar-refractivity contribution in [2.45, 2.75) is 26.8 Å². The lowest BCUT2D eigenvalue weighted by Gasteiger charge is -2.26. The van der Waals surface area contributed by atoms with Crippen molar-refractivity contribution in [1.29, 1.82) is 0 Å². The Balaban J connectivity index is 3.79. The molecule has 0 aliphatic heterocycles. The molecule has 2 unspecified atom stereocenters. The minimum absolute atomic E-state index is 0.00908. The highest BCUT2D eigenvalue weighted by Crippen LogP contribution is 2.17. The molecule has 0 aromatic heterocycles. The highest BCUT2D eigenvalue weighted by Gasteiger charge is 2.22. The van der Waals surface area contributed by atoms with E-state index in [1.165, 1.54) is 0 Å². The third kappa shape index (κ3) is 6.18. The molecular weight excluding hydrogens is 186 g/mol. The molecule has 0 aromatic rings. The van der Waals surface area contributed by atoms with E-state index in [0.29, 0.717) is 18.1 Å². The van der Waals surface area contributed by atoms with Gasteiger partial charge in [-0.15, -0.1) is 0 Å². The number of rotatable bonds is 5. The van der Waals surface area contributed by atoms with E-state index in [2.05, 4.69) is 20.8 Å². The van der Waals surface area contributed by atoms with Gasteiger partial charge in [0, 0.05) is 35.5 Å². The van der Waals surface area contributed by atoms with Crippen LogP contribution in [0, 0.1) is 5.41 Å². The second-order valence-electron chi connectivity index (χ2n) is 4.28. The molecule has 4 heteroatoms. The van der Waals surface area contributed by atoms with Gasteiger partial charge in [0.05, 0.1) is 6.61 Å². The van der Waals surface area contributed by atoms with Crippen molar-refractivity contribution in [1.82, 2.24) is 0 Å². The smallest absolute Gasteiger partial charge is 0.0577 e. The Morgan fingerprint density at radius 3 is 2.38 bits per heavy atom. The van der Waals surface area contributed by atoms with E-state index < -0.39 is 10.8 Å². The lowest BCUT2D eigenvalue weighted by molar-refractivity contribution is 0.218. The van der Waals surface area contributed by atoms with Crippen molar-refractivity contribution in [2.75, 3.05) is 25.2 Å². The highest BCUT2D eigenvalue weighted by molar-refractivity contribution is 7.85. The first kappa shape index (κ1) is 13.1. The van der Waals surface area contributed by atoms with Gasteiger partial charge in [-0.05, 0) is 5.41 Å². The fourth-order valence-electron chi connectivity index (χ4n) is 0.710. The second kappa shape index (κ2) is 5.73. The second-order valence-corrected chi connectivity index (χ2v) is 5.90. The van der Waals surface area contributed by atoms with Crippen LogP contribution in [0.5, 0.6) is 0 Å². The Hall–Kier alpha value is 0.0700. The van der Waals surface area contributed by atoms with E-state index in [9.17, 15) is 4.21 Å². The SMILES string of the molecule is COCCS(=O)CC(N)C(C)(C)C. The summed E-state index contributed by atoms with van der Waals surface area (Å²) in [5.74, 6) is 1.15. The van der Waals surface area contributed by atoms with E-state index in [1.54, 1.807) is 7.11 Å². The fourth-order valence-corrected chi connectivity index (χ4v) is 2.13. The zero-order valence-electron chi connectivity index (χ0n) is 9.00. The van der Waals surface area contributed by atoms with Gasteiger partial charge in [0.1, 0.15) is 0 Å². The number of hydrogen-bond acceptors (Lipinski definition) is 3. The molecule has 80 valence electrons. The largest absolute Gasteiger partial charge is 0.384 e. The van der Waals surface area contributed by atoms with Crippen LogP contribution in [0.1, 0.15) is 20.8 Å². The Morgan fingerprint density at radius 2 is 2.00 bits per heavy atom. The molecule has 13 heavy (non-hydrogen) atoms. The van der Waals surface area contributed by atoms with Crippen molar-refractivity contribution in [3.8, 4) is 0 Å². The van der Waals surface area contributed by atoms with E-state index in [0.717, 1.165) is 0 Å². The maximum absolute atomic E-state index is 11.4. The van der Waals surface area contributed by atoms with E-state index in [4.69, 9.17) is 10.5 Å². The Morgan fingerprint density at radius 1 is 1.46 bits per heavy atom. The maximum atomic E-state index is 11.4. The summed E-state index contributed by atoms with van der Waals surface area (Å²) in [5, 5.41) is 0. The summed E-state index contributed by atoms with van der Waals surface area (Å²) < 4.78 is 16.3. The van der Waals surface area contributed by atoms with Gasteiger partial charge in [0.2, 0.25) is 0 Å². The van der Waals surface area contributed by atoms with Crippen LogP contribution < -0.4 is 5.73 Å². The molecule has 0 heterocycles. The van der Waals surface area contributed by atoms with Crippen molar-refractivity contribution in [2.24, 2.45) is 11.1 Å². The number of nitrogens with two attached hydrogens (primary N) is 1. The summed E-state index contributed by atoms with van der Waals surface area (Å²) in [6.45, 7) is 6.73. The van der Waals surface area contributed by atoms with Crippen molar-refractivity contribution < 1.29 is 8.95 Å². The van der Waals surface area contributed by atoms with Gasteiger partial charge >= 0.3 is 0 Å². The van der Waals surface area contributed by atoms with Crippen LogP contribution in [0.4, 0.5) is 0 Å². The molecule has 2 atom stereocenters. The maximum Gasteiger partial charge on any atom is 0.0577 e. The first-order valence-electron chi connectivity index (χ1n) is 4.47. The molecule has 0 saturated heterocycles. The topological polar surface area (TPSA) is 52.3 Å². The Bertz CT molecular complexity index is 165. The van der Waals surface area contributed by atoms with Crippen LogP contribution >= 0.6 is 0 Å². The molecule has 0 amide bonds. The van der Waals surface area contributed by atoms with Gasteiger partial charge in [0.15, 0.2) is 0 Å². The molecule has 0 fully saturated rings. The van der Waals surface area contributed by atoms with Gasteiger partial charge in [-0.3, -0.25) is 4.21 Å². The number of hydrogen-bond donors (Lipinski definition) is 1. The molecule has 3 nitrogen and oxygen atoms in total. The van der Waals surface area contributed by atoms with E-state index in [-0.39, 0.29) is 11.5 Å². The first-order valence-corrected chi connectivity index (χ1v) is 5.96. The molecule has 0 spiro atoms. The molecule has 0 aliphatic rings. The van der Waals surface area contributed by atoms with Gasteiger partial charge in [-0.1, -0.05) is 20.8 Å². The molecule has 0 rings (SSSR count). The van der Waals surface area contributed by atoms with Gasteiger partial charge < -0.3 is 10.5 Å². The van der Waals surface area contributed by atoms with Crippen LogP contribution in [0.2, 0.25) is 0 Å². The fraction of sp³-hybridized carbons (Fsp3) is 1.00. The average molecular weight is 207 g/mol. The van der Waals surface area contributed by atoms with Crippen LogP contribution in [-0.4, -0.2) is 35.5 Å². The summed E-state index contributed by atoms with van der Waals surface area (Å²) >= 11 is 0. The highest BCUT2D eigenvalue weighted by atomic mass is 32.2. The quantitative estimate of drug-likeness (QED) is 0.724. The number of ether oxygens (including phenoxy) is 1. The minimum atomic E-state index is -0.846. The molecular formula is C9H21NO2S. The van der Waals surface area contributed by atoms with Gasteiger partial charge in [0.25, 0.3) is 0 Å². The summed E-state index contributed by atoms with van der Waals surface area (Å²) in [6, 6.07) is -0.00908. The first-order chi connectivity index (χ1) is 5.88. The predicted octanol–water partition coefficient (Wildman–Crippen LogP) is 0.755. The van der Waals surface area contributed by atoms with Crippen molar-refractivity contribution in [3.05, 3.63) is 0 Å². The van der Waals surface area contributed by atoms with Crippen molar-refractivity contribution in [3.63, 3.8) is 0 Å². The molecule has 0 aromatic carbocycles. The standard InChI is InChI=1S/C9H21NO2S/c1-9(2,3)8(10)7-13(11)6-5-12-4/h8H,5-7,10H2,1-4H3. The van der Waals surface area contributed by atoms with Gasteiger partial charge in [-0.2, -0.15) is 0 Å². The summed E-state index contributed by atoms with van der Waals surface area (Å²) in [6.07, 6.45) is 0. The zero-order chi connectivity index (χ0) is 10.5. The summed E-state index contributed by atoms with van der Waals surface area (Å²) in [7, 11) is 0.766. The minimum Gasteiger partial charge on any atom is -0.384 e. The molecule has 0 radical (unpaired) electrons. The Labute approximate surface area is 83.5 Å². The van der Waals surface area contributed by atoms with Crippen LogP contribution in [0.15, 0.2) is 0 Å². The normalized spacial score (nSPS) is 17.0. The Kier molecular flexibility index (Phi) is 5.76. The van der Waals surface area contributed by atoms with Gasteiger partial charge in [-0.25, -0.2) is 0 Å². The lowest BCUT2D eigenvalue weighted by atomic mass is 9.89. The molecule has 0 aliphatic carbocycles. The number of methoxy groups -OCH3 is 1. The summed E-state index contributed by atoms with van der Waals surface area (Å²) in [5.41, 5.74) is 5.92. The molecule has 2 N–H and O–H groups in total. The zero-order valence-corrected chi connectivity index (χ0v) is 9.82. The van der Waals surface area contributed by atoms with Crippen LogP contribution in [0.3, 0.4) is 0 Å². The average Bonchev–Trinajstić information content (AvgIpc) is 1.99. The molecule has 0 bridgehead atoms.